The first-order chi connectivity index (χ1) is 14.4. The highest BCUT2D eigenvalue weighted by Gasteiger charge is 2.14. The molecule has 0 fully saturated rings. The number of hydrogen-bond donors (Lipinski definition) is 1. The van der Waals surface area contributed by atoms with Crippen molar-refractivity contribution in [3.05, 3.63) is 64.7 Å². The van der Waals surface area contributed by atoms with E-state index in [2.05, 4.69) is 5.32 Å². The summed E-state index contributed by atoms with van der Waals surface area (Å²) >= 11 is 5.84. The standard InChI is InChI=1S/C22H25ClN2O5/c1-25(14-20(26)24-12-3-13-29-2)21(27)15-30-19-10-6-17(7-11-19)22(28)16-4-8-18(23)9-5-16/h4-11H,3,12-15H2,1-2H3,(H,24,26). The number of halogens is 1. The maximum atomic E-state index is 12.4. The number of carbonyl (C=O) groups is 3. The smallest absolute Gasteiger partial charge is 0.260 e. The highest BCUT2D eigenvalue weighted by atomic mass is 35.5. The molecule has 30 heavy (non-hydrogen) atoms. The predicted molar refractivity (Wildman–Crippen MR) is 114 cm³/mol. The number of rotatable bonds is 11. The number of carbonyl (C=O) groups excluding carboxylic acids is 3. The fourth-order valence-corrected chi connectivity index (χ4v) is 2.66. The largest absolute Gasteiger partial charge is 0.484 e. The molecule has 0 aliphatic heterocycles. The third-order valence-electron chi connectivity index (χ3n) is 4.24. The molecule has 0 unspecified atom stereocenters. The van der Waals surface area contributed by atoms with Crippen molar-refractivity contribution in [1.82, 2.24) is 10.2 Å². The van der Waals surface area contributed by atoms with Crippen molar-refractivity contribution >= 4 is 29.2 Å². The van der Waals surface area contributed by atoms with Crippen LogP contribution >= 0.6 is 11.6 Å². The first-order valence-electron chi connectivity index (χ1n) is 9.43. The van der Waals surface area contributed by atoms with Crippen molar-refractivity contribution < 1.29 is 23.9 Å². The van der Waals surface area contributed by atoms with Gasteiger partial charge in [-0.1, -0.05) is 11.6 Å². The van der Waals surface area contributed by atoms with Gasteiger partial charge in [0.2, 0.25) is 5.91 Å². The molecule has 0 saturated carbocycles. The molecule has 160 valence electrons. The average molecular weight is 433 g/mol. The van der Waals surface area contributed by atoms with Crippen molar-refractivity contribution in [3.63, 3.8) is 0 Å². The van der Waals surface area contributed by atoms with Crippen LogP contribution in [0, 0.1) is 0 Å². The molecule has 2 aromatic rings. The number of hydrogen-bond acceptors (Lipinski definition) is 5. The number of nitrogens with one attached hydrogen (secondary N) is 1. The van der Waals surface area contributed by atoms with Crippen molar-refractivity contribution in [1.29, 1.82) is 0 Å². The quantitative estimate of drug-likeness (QED) is 0.435. The molecule has 8 heteroatoms. The van der Waals surface area contributed by atoms with E-state index in [1.165, 1.54) is 11.9 Å². The summed E-state index contributed by atoms with van der Waals surface area (Å²) in [6.07, 6.45) is 0.708. The van der Waals surface area contributed by atoms with Crippen LogP contribution in [0.4, 0.5) is 0 Å². The number of amides is 2. The van der Waals surface area contributed by atoms with E-state index in [0.717, 1.165) is 0 Å². The second-order valence-electron chi connectivity index (χ2n) is 6.60. The summed E-state index contributed by atoms with van der Waals surface area (Å²) in [4.78, 5) is 37.7. The number of ether oxygens (including phenoxy) is 2. The zero-order valence-corrected chi connectivity index (χ0v) is 17.8. The average Bonchev–Trinajstić information content (AvgIpc) is 2.75. The van der Waals surface area contributed by atoms with E-state index in [1.54, 1.807) is 55.6 Å². The van der Waals surface area contributed by atoms with Gasteiger partial charge in [-0.25, -0.2) is 0 Å². The van der Waals surface area contributed by atoms with Crippen molar-refractivity contribution in [3.8, 4) is 5.75 Å². The first kappa shape index (κ1) is 23.4. The highest BCUT2D eigenvalue weighted by Crippen LogP contribution is 2.17. The lowest BCUT2D eigenvalue weighted by molar-refractivity contribution is -0.136. The lowest BCUT2D eigenvalue weighted by Crippen LogP contribution is -2.40. The van der Waals surface area contributed by atoms with Gasteiger partial charge in [0, 0.05) is 43.5 Å². The first-order valence-corrected chi connectivity index (χ1v) is 9.81. The third-order valence-corrected chi connectivity index (χ3v) is 4.49. The zero-order chi connectivity index (χ0) is 21.9. The molecule has 0 atom stereocenters. The van der Waals surface area contributed by atoms with E-state index in [9.17, 15) is 14.4 Å². The van der Waals surface area contributed by atoms with E-state index in [0.29, 0.717) is 41.5 Å². The van der Waals surface area contributed by atoms with Gasteiger partial charge in [0.1, 0.15) is 5.75 Å². The number of methoxy groups -OCH3 is 1. The Balaban J connectivity index is 1.80. The molecule has 2 amide bonds. The molecule has 0 heterocycles. The van der Waals surface area contributed by atoms with Crippen LogP contribution < -0.4 is 10.1 Å². The fourth-order valence-electron chi connectivity index (χ4n) is 2.53. The lowest BCUT2D eigenvalue weighted by Gasteiger charge is -2.17. The summed E-state index contributed by atoms with van der Waals surface area (Å²) in [6, 6.07) is 13.2. The van der Waals surface area contributed by atoms with Gasteiger partial charge >= 0.3 is 0 Å². The third kappa shape index (κ3) is 7.50. The van der Waals surface area contributed by atoms with Crippen molar-refractivity contribution in [2.45, 2.75) is 6.42 Å². The predicted octanol–water partition coefficient (Wildman–Crippen LogP) is 2.56. The Bertz CT molecular complexity index is 853. The maximum Gasteiger partial charge on any atom is 0.260 e. The van der Waals surface area contributed by atoms with Crippen LogP contribution in [0.15, 0.2) is 48.5 Å². The van der Waals surface area contributed by atoms with Gasteiger partial charge in [-0.15, -0.1) is 0 Å². The molecule has 1 N–H and O–H groups in total. The van der Waals surface area contributed by atoms with E-state index < -0.39 is 0 Å². The SMILES string of the molecule is COCCCNC(=O)CN(C)C(=O)COc1ccc(C(=O)c2ccc(Cl)cc2)cc1. The molecule has 7 nitrogen and oxygen atoms in total. The zero-order valence-electron chi connectivity index (χ0n) is 17.0. The summed E-state index contributed by atoms with van der Waals surface area (Å²) in [6.45, 7) is 0.793. The summed E-state index contributed by atoms with van der Waals surface area (Å²) in [5.41, 5.74) is 1.03. The van der Waals surface area contributed by atoms with Gasteiger partial charge in [-0.05, 0) is 55.0 Å². The van der Waals surface area contributed by atoms with E-state index in [4.69, 9.17) is 21.1 Å². The van der Waals surface area contributed by atoms with Gasteiger partial charge in [0.05, 0.1) is 6.54 Å². The van der Waals surface area contributed by atoms with E-state index >= 15 is 0 Å². The minimum Gasteiger partial charge on any atom is -0.484 e. The second-order valence-corrected chi connectivity index (χ2v) is 7.03. The molecule has 0 bridgehead atoms. The Morgan fingerprint density at radius 3 is 2.20 bits per heavy atom. The van der Waals surface area contributed by atoms with Crippen LogP contribution in [-0.4, -0.2) is 63.0 Å². The molecule has 2 aromatic carbocycles. The maximum absolute atomic E-state index is 12.4. The molecule has 2 rings (SSSR count). The number of ketones is 1. The molecule has 0 aliphatic rings. The highest BCUT2D eigenvalue weighted by molar-refractivity contribution is 6.30. The van der Waals surface area contributed by atoms with Gasteiger partial charge in [-0.3, -0.25) is 14.4 Å². The Kier molecular flexibility index (Phi) is 9.31. The van der Waals surface area contributed by atoms with Gasteiger partial charge in [0.25, 0.3) is 5.91 Å². The van der Waals surface area contributed by atoms with Crippen LogP contribution in [0.2, 0.25) is 5.02 Å². The Labute approximate surface area is 180 Å². The van der Waals surface area contributed by atoms with Crippen molar-refractivity contribution in [2.75, 3.05) is 40.5 Å². The summed E-state index contributed by atoms with van der Waals surface area (Å²) < 4.78 is 10.4. The molecular weight excluding hydrogens is 408 g/mol. The van der Waals surface area contributed by atoms with Crippen LogP contribution in [-0.2, 0) is 14.3 Å². The number of benzene rings is 2. The van der Waals surface area contributed by atoms with Gasteiger partial charge < -0.3 is 19.7 Å². The van der Waals surface area contributed by atoms with Crippen LogP contribution in [0.3, 0.4) is 0 Å². The van der Waals surface area contributed by atoms with Gasteiger partial charge in [0.15, 0.2) is 12.4 Å². The van der Waals surface area contributed by atoms with E-state index in [-0.39, 0.29) is 30.7 Å². The number of likely N-dealkylation sites (N-methyl/N-ethyl adjacent to an activating group) is 1. The Morgan fingerprint density at radius 2 is 1.60 bits per heavy atom. The topological polar surface area (TPSA) is 84.9 Å². The molecule has 0 radical (unpaired) electrons. The molecule has 0 aliphatic carbocycles. The monoisotopic (exact) mass is 432 g/mol. The Hall–Kier alpha value is -2.90. The summed E-state index contributed by atoms with van der Waals surface area (Å²) in [7, 11) is 3.13. The van der Waals surface area contributed by atoms with Gasteiger partial charge in [-0.2, -0.15) is 0 Å². The van der Waals surface area contributed by atoms with Crippen molar-refractivity contribution in [2.24, 2.45) is 0 Å². The van der Waals surface area contributed by atoms with Crippen LogP contribution in [0.25, 0.3) is 0 Å². The summed E-state index contributed by atoms with van der Waals surface area (Å²) in [5, 5.41) is 3.28. The molecule has 0 aromatic heterocycles. The second kappa shape index (κ2) is 11.9. The lowest BCUT2D eigenvalue weighted by atomic mass is 10.0. The Morgan fingerprint density at radius 1 is 1.00 bits per heavy atom. The van der Waals surface area contributed by atoms with Crippen LogP contribution in [0.1, 0.15) is 22.3 Å². The van der Waals surface area contributed by atoms with E-state index in [1.807, 2.05) is 0 Å². The fraction of sp³-hybridized carbons (Fsp3) is 0.318. The van der Waals surface area contributed by atoms with Crippen LogP contribution in [0.5, 0.6) is 5.75 Å². The minimum atomic E-state index is -0.330. The molecule has 0 spiro atoms. The summed E-state index contributed by atoms with van der Waals surface area (Å²) in [5.74, 6) is -0.255. The normalized spacial score (nSPS) is 10.4. The molecular formula is C22H25ClN2O5. The minimum absolute atomic E-state index is 0.0519. The molecule has 0 saturated heterocycles. The number of nitrogens with zero attached hydrogens (tertiary/aromatic N) is 1.